The van der Waals surface area contributed by atoms with E-state index in [0.717, 1.165) is 11.3 Å². The zero-order valence-electron chi connectivity index (χ0n) is 16.2. The van der Waals surface area contributed by atoms with Gasteiger partial charge in [-0.2, -0.15) is 0 Å². The van der Waals surface area contributed by atoms with Gasteiger partial charge in [0.25, 0.3) is 5.91 Å². The Morgan fingerprint density at radius 1 is 0.966 bits per heavy atom. The second-order valence-electron chi connectivity index (χ2n) is 7.01. The largest absolute Gasteiger partial charge is 0.476 e. The predicted octanol–water partition coefficient (Wildman–Crippen LogP) is 4.03. The van der Waals surface area contributed by atoms with Gasteiger partial charge in [0.05, 0.1) is 12.2 Å². The van der Waals surface area contributed by atoms with E-state index >= 15 is 0 Å². The molecule has 3 aromatic carbocycles. The van der Waals surface area contributed by atoms with Gasteiger partial charge >= 0.3 is 0 Å². The first-order valence-corrected chi connectivity index (χ1v) is 9.58. The summed E-state index contributed by atoms with van der Waals surface area (Å²) < 4.78 is 5.90. The molecule has 0 aromatic heterocycles. The molecule has 0 saturated heterocycles. The number of benzene rings is 3. The van der Waals surface area contributed by atoms with Gasteiger partial charge in [-0.25, -0.2) is 0 Å². The minimum Gasteiger partial charge on any atom is -0.476 e. The van der Waals surface area contributed by atoms with Crippen LogP contribution < -0.4 is 15.0 Å². The van der Waals surface area contributed by atoms with Crippen molar-refractivity contribution in [2.45, 2.75) is 19.4 Å². The number of ether oxygens (including phenoxy) is 1. The zero-order chi connectivity index (χ0) is 20.2. The van der Waals surface area contributed by atoms with Crippen LogP contribution in [0.15, 0.2) is 78.9 Å². The quantitative estimate of drug-likeness (QED) is 0.737. The molecule has 2 amide bonds. The molecular weight excluding hydrogens is 364 g/mol. The second-order valence-corrected chi connectivity index (χ2v) is 7.01. The third-order valence-electron chi connectivity index (χ3n) is 4.96. The number of carbonyl (C=O) groups is 2. The molecule has 1 aliphatic rings. The molecular formula is C24H22N2O3. The molecule has 0 spiro atoms. The summed E-state index contributed by atoms with van der Waals surface area (Å²) in [5.74, 6) is 0.140. The van der Waals surface area contributed by atoms with Crippen molar-refractivity contribution in [3.05, 3.63) is 90.0 Å². The number of anilines is 2. The second kappa shape index (κ2) is 8.19. The molecule has 0 radical (unpaired) electrons. The molecule has 29 heavy (non-hydrogen) atoms. The maximum Gasteiger partial charge on any atom is 0.267 e. The van der Waals surface area contributed by atoms with Crippen LogP contribution in [0.5, 0.6) is 5.75 Å². The standard InChI is InChI=1S/C24H22N2O3/c1-17(27)26-16-23(29-22-14-8-7-13-21(22)26)24(28)25-20-12-6-5-11-19(20)15-18-9-3-2-4-10-18/h2-14,23H,15-16H2,1H3,(H,25,28)/t23-/m1/s1. The van der Waals surface area contributed by atoms with Crippen LogP contribution in [0.25, 0.3) is 0 Å². The number of nitrogens with one attached hydrogen (secondary N) is 1. The summed E-state index contributed by atoms with van der Waals surface area (Å²) in [5.41, 5.74) is 3.62. The van der Waals surface area contributed by atoms with Crippen LogP contribution >= 0.6 is 0 Å². The molecule has 1 atom stereocenters. The lowest BCUT2D eigenvalue weighted by atomic mass is 10.0. The lowest BCUT2D eigenvalue weighted by Gasteiger charge is -2.33. The van der Waals surface area contributed by atoms with Crippen molar-refractivity contribution in [3.63, 3.8) is 0 Å². The van der Waals surface area contributed by atoms with Gasteiger partial charge in [0, 0.05) is 12.6 Å². The van der Waals surface area contributed by atoms with E-state index in [0.29, 0.717) is 17.9 Å². The summed E-state index contributed by atoms with van der Waals surface area (Å²) in [4.78, 5) is 26.6. The van der Waals surface area contributed by atoms with Crippen molar-refractivity contribution in [2.75, 3.05) is 16.8 Å². The van der Waals surface area contributed by atoms with Crippen LogP contribution in [0.4, 0.5) is 11.4 Å². The highest BCUT2D eigenvalue weighted by molar-refractivity contribution is 5.99. The van der Waals surface area contributed by atoms with E-state index in [-0.39, 0.29) is 18.4 Å². The number of rotatable bonds is 4. The monoisotopic (exact) mass is 386 g/mol. The summed E-state index contributed by atoms with van der Waals surface area (Å²) in [5, 5.41) is 2.99. The Kier molecular flexibility index (Phi) is 5.29. The fraction of sp³-hybridized carbons (Fsp3) is 0.167. The van der Waals surface area contributed by atoms with E-state index in [9.17, 15) is 9.59 Å². The Morgan fingerprint density at radius 2 is 1.66 bits per heavy atom. The molecule has 3 aromatic rings. The summed E-state index contributed by atoms with van der Waals surface area (Å²) in [7, 11) is 0. The highest BCUT2D eigenvalue weighted by Gasteiger charge is 2.32. The van der Waals surface area contributed by atoms with Crippen LogP contribution in [0.1, 0.15) is 18.1 Å². The fourth-order valence-electron chi connectivity index (χ4n) is 3.49. The molecule has 1 N–H and O–H groups in total. The Bertz CT molecular complexity index is 1030. The average molecular weight is 386 g/mol. The van der Waals surface area contributed by atoms with Crippen molar-refractivity contribution in [1.29, 1.82) is 0 Å². The summed E-state index contributed by atoms with van der Waals surface area (Å²) >= 11 is 0. The van der Waals surface area contributed by atoms with Gasteiger partial charge in [-0.05, 0) is 35.7 Å². The van der Waals surface area contributed by atoms with E-state index in [1.165, 1.54) is 12.5 Å². The lowest BCUT2D eigenvalue weighted by Crippen LogP contribution is -2.48. The summed E-state index contributed by atoms with van der Waals surface area (Å²) in [6.07, 6.45) is -0.0656. The van der Waals surface area contributed by atoms with Crippen LogP contribution in [0.2, 0.25) is 0 Å². The van der Waals surface area contributed by atoms with Crippen molar-refractivity contribution >= 4 is 23.2 Å². The third-order valence-corrected chi connectivity index (χ3v) is 4.96. The maximum atomic E-state index is 13.0. The highest BCUT2D eigenvalue weighted by Crippen LogP contribution is 2.33. The lowest BCUT2D eigenvalue weighted by molar-refractivity contribution is -0.123. The Labute approximate surface area is 169 Å². The smallest absolute Gasteiger partial charge is 0.267 e. The molecule has 0 unspecified atom stereocenters. The first kappa shape index (κ1) is 18.7. The molecule has 5 nitrogen and oxygen atoms in total. The van der Waals surface area contributed by atoms with Crippen LogP contribution in [0, 0.1) is 0 Å². The number of fused-ring (bicyclic) bond motifs is 1. The number of carbonyl (C=O) groups excluding carboxylic acids is 2. The number of para-hydroxylation sites is 3. The normalized spacial score (nSPS) is 15.2. The Morgan fingerprint density at radius 3 is 2.45 bits per heavy atom. The zero-order valence-corrected chi connectivity index (χ0v) is 16.2. The molecule has 0 saturated carbocycles. The first-order valence-electron chi connectivity index (χ1n) is 9.58. The highest BCUT2D eigenvalue weighted by atomic mass is 16.5. The van der Waals surface area contributed by atoms with Gasteiger partial charge < -0.3 is 15.0 Å². The number of hydrogen-bond acceptors (Lipinski definition) is 3. The molecule has 146 valence electrons. The molecule has 5 heteroatoms. The average Bonchev–Trinajstić information content (AvgIpc) is 2.75. The van der Waals surface area contributed by atoms with Crippen LogP contribution in [-0.2, 0) is 16.0 Å². The third kappa shape index (κ3) is 4.14. The minimum absolute atomic E-state index is 0.122. The van der Waals surface area contributed by atoms with Gasteiger partial charge in [-0.1, -0.05) is 60.7 Å². The molecule has 0 fully saturated rings. The summed E-state index contributed by atoms with van der Waals surface area (Å²) in [6, 6.07) is 25.1. The molecule has 4 rings (SSSR count). The van der Waals surface area contributed by atoms with Gasteiger partial charge in [-0.15, -0.1) is 0 Å². The number of amides is 2. The number of nitrogens with zero attached hydrogens (tertiary/aromatic N) is 1. The van der Waals surface area contributed by atoms with Crippen LogP contribution in [-0.4, -0.2) is 24.5 Å². The van der Waals surface area contributed by atoms with E-state index < -0.39 is 6.10 Å². The fourth-order valence-corrected chi connectivity index (χ4v) is 3.49. The van der Waals surface area contributed by atoms with Gasteiger partial charge in [0.15, 0.2) is 6.10 Å². The van der Waals surface area contributed by atoms with Crippen molar-refractivity contribution < 1.29 is 14.3 Å². The molecule has 0 aliphatic carbocycles. The topological polar surface area (TPSA) is 58.6 Å². The molecule has 1 aliphatic heterocycles. The molecule has 0 bridgehead atoms. The van der Waals surface area contributed by atoms with E-state index in [1.54, 1.807) is 11.0 Å². The number of hydrogen-bond donors (Lipinski definition) is 1. The van der Waals surface area contributed by atoms with E-state index in [1.807, 2.05) is 60.7 Å². The Hall–Kier alpha value is -3.60. The van der Waals surface area contributed by atoms with Gasteiger partial charge in [0.1, 0.15) is 5.75 Å². The summed E-state index contributed by atoms with van der Waals surface area (Å²) in [6.45, 7) is 1.67. The molecule has 1 heterocycles. The first-order chi connectivity index (χ1) is 14.1. The van der Waals surface area contributed by atoms with Crippen molar-refractivity contribution in [2.24, 2.45) is 0 Å². The van der Waals surface area contributed by atoms with Crippen LogP contribution in [0.3, 0.4) is 0 Å². The van der Waals surface area contributed by atoms with Crippen molar-refractivity contribution in [3.8, 4) is 5.75 Å². The van der Waals surface area contributed by atoms with E-state index in [4.69, 9.17) is 4.74 Å². The SMILES string of the molecule is CC(=O)N1C[C@H](C(=O)Nc2ccccc2Cc2ccccc2)Oc2ccccc21. The van der Waals surface area contributed by atoms with Crippen molar-refractivity contribution in [1.82, 2.24) is 0 Å². The van der Waals surface area contributed by atoms with Gasteiger partial charge in [-0.3, -0.25) is 9.59 Å². The Balaban J connectivity index is 1.54. The van der Waals surface area contributed by atoms with E-state index in [2.05, 4.69) is 17.4 Å². The maximum absolute atomic E-state index is 13.0. The predicted molar refractivity (Wildman–Crippen MR) is 113 cm³/mol. The van der Waals surface area contributed by atoms with Gasteiger partial charge in [0.2, 0.25) is 5.91 Å². The minimum atomic E-state index is -0.779.